The van der Waals surface area contributed by atoms with Gasteiger partial charge in [0.2, 0.25) is 0 Å². The van der Waals surface area contributed by atoms with E-state index in [0.29, 0.717) is 17.2 Å². The first kappa shape index (κ1) is 10.8. The van der Waals surface area contributed by atoms with Crippen molar-refractivity contribution in [1.82, 2.24) is 0 Å². The highest BCUT2D eigenvalue weighted by Gasteiger charge is 2.22. The van der Waals surface area contributed by atoms with Crippen LogP contribution in [-0.4, -0.2) is 19.0 Å². The highest BCUT2D eigenvalue weighted by atomic mass is 16.1. The Hall–Kier alpha value is -1.71. The zero-order chi connectivity index (χ0) is 11.7. The van der Waals surface area contributed by atoms with Gasteiger partial charge in [-0.25, -0.2) is 0 Å². The molecule has 1 aromatic rings. The summed E-state index contributed by atoms with van der Waals surface area (Å²) in [6, 6.07) is 5.25. The molecule has 0 saturated carbocycles. The molecule has 2 rings (SSSR count). The molecule has 4 heteroatoms. The van der Waals surface area contributed by atoms with Crippen LogP contribution in [0.5, 0.6) is 0 Å². The maximum absolute atomic E-state index is 11.3. The highest BCUT2D eigenvalue weighted by Crippen LogP contribution is 2.28. The van der Waals surface area contributed by atoms with Gasteiger partial charge >= 0.3 is 0 Å². The summed E-state index contributed by atoms with van der Waals surface area (Å²) in [7, 11) is 0. The molecule has 1 heterocycles. The number of carbonyl (C=O) groups excluding carboxylic acids is 1. The van der Waals surface area contributed by atoms with Gasteiger partial charge < -0.3 is 16.4 Å². The molecule has 1 amide bonds. The van der Waals surface area contributed by atoms with Gasteiger partial charge in [0.25, 0.3) is 5.91 Å². The van der Waals surface area contributed by atoms with Gasteiger partial charge in [-0.1, -0.05) is 6.92 Å². The van der Waals surface area contributed by atoms with E-state index < -0.39 is 5.91 Å². The summed E-state index contributed by atoms with van der Waals surface area (Å²) < 4.78 is 0. The number of hydrogen-bond acceptors (Lipinski definition) is 3. The molecular weight excluding hydrogens is 202 g/mol. The Kier molecular flexibility index (Phi) is 2.73. The first-order valence-corrected chi connectivity index (χ1v) is 5.52. The van der Waals surface area contributed by atoms with Crippen molar-refractivity contribution in [3.8, 4) is 0 Å². The minimum atomic E-state index is -0.394. The monoisotopic (exact) mass is 219 g/mol. The summed E-state index contributed by atoms with van der Waals surface area (Å²) in [6.45, 7) is 4.13. The van der Waals surface area contributed by atoms with Gasteiger partial charge in [-0.15, -0.1) is 0 Å². The molecule has 0 spiro atoms. The third kappa shape index (κ3) is 1.96. The third-order valence-electron chi connectivity index (χ3n) is 3.05. The van der Waals surface area contributed by atoms with Crippen LogP contribution in [0, 0.1) is 5.92 Å². The highest BCUT2D eigenvalue weighted by molar-refractivity contribution is 5.99. The number of benzene rings is 1. The van der Waals surface area contributed by atoms with Crippen LogP contribution in [0.25, 0.3) is 0 Å². The molecule has 0 aromatic heterocycles. The smallest absolute Gasteiger partial charge is 0.250 e. The van der Waals surface area contributed by atoms with Crippen LogP contribution in [0.2, 0.25) is 0 Å². The number of rotatable bonds is 2. The summed E-state index contributed by atoms with van der Waals surface area (Å²) in [4.78, 5) is 13.5. The lowest BCUT2D eigenvalue weighted by Crippen LogP contribution is -2.24. The molecule has 16 heavy (non-hydrogen) atoms. The van der Waals surface area contributed by atoms with Crippen molar-refractivity contribution in [2.75, 3.05) is 23.7 Å². The topological polar surface area (TPSA) is 72.3 Å². The fourth-order valence-corrected chi connectivity index (χ4v) is 2.17. The van der Waals surface area contributed by atoms with E-state index in [1.165, 1.54) is 0 Å². The minimum Gasteiger partial charge on any atom is -0.399 e. The third-order valence-corrected chi connectivity index (χ3v) is 3.05. The van der Waals surface area contributed by atoms with Gasteiger partial charge in [-0.05, 0) is 30.5 Å². The lowest BCUT2D eigenvalue weighted by molar-refractivity contribution is 0.100. The Labute approximate surface area is 95.2 Å². The summed E-state index contributed by atoms with van der Waals surface area (Å²) >= 11 is 0. The van der Waals surface area contributed by atoms with Gasteiger partial charge in [0, 0.05) is 18.8 Å². The Morgan fingerprint density at radius 1 is 1.50 bits per heavy atom. The minimum absolute atomic E-state index is 0.394. The second-order valence-corrected chi connectivity index (χ2v) is 4.48. The molecule has 86 valence electrons. The number of hydrogen-bond donors (Lipinski definition) is 2. The van der Waals surface area contributed by atoms with E-state index in [1.807, 2.05) is 6.07 Å². The quantitative estimate of drug-likeness (QED) is 0.734. The number of nitrogens with two attached hydrogens (primary N) is 2. The number of nitrogen functional groups attached to an aromatic ring is 1. The Morgan fingerprint density at radius 3 is 2.81 bits per heavy atom. The standard InChI is InChI=1S/C12H17N3O/c1-8-4-5-15(7-8)11-6-9(13)2-3-10(11)12(14)16/h2-3,6,8H,4-5,7,13H2,1H3,(H2,14,16). The molecule has 1 aliphatic rings. The van der Waals surface area contributed by atoms with E-state index in [4.69, 9.17) is 11.5 Å². The Bertz CT molecular complexity index is 417. The molecule has 0 bridgehead atoms. The zero-order valence-corrected chi connectivity index (χ0v) is 9.44. The van der Waals surface area contributed by atoms with Crippen molar-refractivity contribution < 1.29 is 4.79 Å². The molecule has 1 fully saturated rings. The largest absolute Gasteiger partial charge is 0.399 e. The lowest BCUT2D eigenvalue weighted by Gasteiger charge is -2.21. The number of nitrogens with zero attached hydrogens (tertiary/aromatic N) is 1. The number of carbonyl (C=O) groups is 1. The fourth-order valence-electron chi connectivity index (χ4n) is 2.17. The van der Waals surface area contributed by atoms with E-state index in [9.17, 15) is 4.79 Å². The average molecular weight is 219 g/mol. The van der Waals surface area contributed by atoms with Crippen LogP contribution in [-0.2, 0) is 0 Å². The van der Waals surface area contributed by atoms with Crippen molar-refractivity contribution in [3.05, 3.63) is 23.8 Å². The molecule has 4 N–H and O–H groups in total. The van der Waals surface area contributed by atoms with Gasteiger partial charge in [-0.2, -0.15) is 0 Å². The molecule has 1 aliphatic heterocycles. The second-order valence-electron chi connectivity index (χ2n) is 4.48. The van der Waals surface area contributed by atoms with Gasteiger partial charge in [0.05, 0.1) is 11.3 Å². The van der Waals surface area contributed by atoms with E-state index in [1.54, 1.807) is 12.1 Å². The first-order chi connectivity index (χ1) is 7.58. The zero-order valence-electron chi connectivity index (χ0n) is 9.44. The van der Waals surface area contributed by atoms with Crippen LogP contribution < -0.4 is 16.4 Å². The normalized spacial score (nSPS) is 20.1. The average Bonchev–Trinajstić information content (AvgIpc) is 2.64. The van der Waals surface area contributed by atoms with E-state index >= 15 is 0 Å². The van der Waals surface area contributed by atoms with Crippen molar-refractivity contribution in [2.24, 2.45) is 11.7 Å². The summed E-state index contributed by atoms with van der Waals surface area (Å²) in [5, 5.41) is 0. The van der Waals surface area contributed by atoms with Crippen LogP contribution in [0.15, 0.2) is 18.2 Å². The van der Waals surface area contributed by atoms with Crippen LogP contribution in [0.3, 0.4) is 0 Å². The van der Waals surface area contributed by atoms with E-state index in [-0.39, 0.29) is 0 Å². The van der Waals surface area contributed by atoms with Crippen molar-refractivity contribution >= 4 is 17.3 Å². The van der Waals surface area contributed by atoms with Crippen LogP contribution >= 0.6 is 0 Å². The predicted octanol–water partition coefficient (Wildman–Crippen LogP) is 1.21. The lowest BCUT2D eigenvalue weighted by atomic mass is 10.1. The van der Waals surface area contributed by atoms with Gasteiger partial charge in [0.15, 0.2) is 0 Å². The fraction of sp³-hybridized carbons (Fsp3) is 0.417. The molecule has 1 aromatic carbocycles. The predicted molar refractivity (Wildman–Crippen MR) is 65.4 cm³/mol. The first-order valence-electron chi connectivity index (χ1n) is 5.52. The van der Waals surface area contributed by atoms with Crippen molar-refractivity contribution in [2.45, 2.75) is 13.3 Å². The molecule has 4 nitrogen and oxygen atoms in total. The van der Waals surface area contributed by atoms with Crippen LogP contribution in [0.4, 0.5) is 11.4 Å². The molecule has 0 aliphatic carbocycles. The molecule has 1 atom stereocenters. The number of primary amides is 1. The van der Waals surface area contributed by atoms with E-state index in [0.717, 1.165) is 25.2 Å². The molecule has 1 saturated heterocycles. The van der Waals surface area contributed by atoms with Gasteiger partial charge in [-0.3, -0.25) is 4.79 Å². The molecule has 0 radical (unpaired) electrons. The van der Waals surface area contributed by atoms with Crippen molar-refractivity contribution in [1.29, 1.82) is 0 Å². The Morgan fingerprint density at radius 2 is 2.25 bits per heavy atom. The number of anilines is 2. The van der Waals surface area contributed by atoms with E-state index in [2.05, 4.69) is 11.8 Å². The summed E-state index contributed by atoms with van der Waals surface area (Å²) in [5.41, 5.74) is 13.2. The Balaban J connectivity index is 2.37. The molecule has 1 unspecified atom stereocenters. The maximum Gasteiger partial charge on any atom is 0.250 e. The van der Waals surface area contributed by atoms with Gasteiger partial charge in [0.1, 0.15) is 0 Å². The molecular formula is C12H17N3O. The maximum atomic E-state index is 11.3. The second kappa shape index (κ2) is 4.04. The van der Waals surface area contributed by atoms with Crippen molar-refractivity contribution in [3.63, 3.8) is 0 Å². The summed E-state index contributed by atoms with van der Waals surface area (Å²) in [5.74, 6) is 0.261. The number of amides is 1. The SMILES string of the molecule is CC1CCN(c2cc(N)ccc2C(N)=O)C1. The summed E-state index contributed by atoms with van der Waals surface area (Å²) in [6.07, 6.45) is 1.15. The van der Waals surface area contributed by atoms with Crippen LogP contribution in [0.1, 0.15) is 23.7 Å².